The highest BCUT2D eigenvalue weighted by molar-refractivity contribution is 5.57. The summed E-state index contributed by atoms with van der Waals surface area (Å²) in [6.07, 6.45) is 1.99. The summed E-state index contributed by atoms with van der Waals surface area (Å²) in [5, 5.41) is 2.75. The first kappa shape index (κ1) is 15.1. The van der Waals surface area contributed by atoms with E-state index in [1.165, 1.54) is 0 Å². The van der Waals surface area contributed by atoms with Crippen LogP contribution < -0.4 is 5.32 Å². The van der Waals surface area contributed by atoms with Crippen LogP contribution in [-0.2, 0) is 4.79 Å². The van der Waals surface area contributed by atoms with Gasteiger partial charge in [-0.25, -0.2) is 0 Å². The lowest BCUT2D eigenvalue weighted by atomic mass is 9.77. The van der Waals surface area contributed by atoms with Crippen LogP contribution in [0.25, 0.3) is 0 Å². The minimum Gasteiger partial charge on any atom is -0.323 e. The molecule has 0 fully saturated rings. The molecule has 0 saturated heterocycles. The highest BCUT2D eigenvalue weighted by atomic mass is 16.1. The second-order valence-corrected chi connectivity index (χ2v) is 5.34. The van der Waals surface area contributed by atoms with Gasteiger partial charge in [-0.05, 0) is 25.9 Å². The summed E-state index contributed by atoms with van der Waals surface area (Å²) in [4.78, 5) is 10.5. The topological polar surface area (TPSA) is 29.1 Å². The molecule has 0 aliphatic rings. The highest BCUT2D eigenvalue weighted by Crippen LogP contribution is 2.30. The molecule has 0 unspecified atom stereocenters. The first-order valence-electron chi connectivity index (χ1n) is 4.73. The van der Waals surface area contributed by atoms with Crippen LogP contribution in [0.5, 0.6) is 0 Å². The zero-order chi connectivity index (χ0) is 11.1. The molecule has 2 nitrogen and oxygen atoms in total. The Morgan fingerprint density at radius 1 is 1.08 bits per heavy atom. The van der Waals surface area contributed by atoms with Crippen molar-refractivity contribution in [2.75, 3.05) is 14.1 Å². The van der Waals surface area contributed by atoms with Crippen LogP contribution in [0.4, 0.5) is 0 Å². The summed E-state index contributed by atoms with van der Waals surface area (Å²) in [6, 6.07) is 0. The van der Waals surface area contributed by atoms with Crippen molar-refractivity contribution in [3.05, 3.63) is 0 Å². The molecule has 0 amide bonds. The van der Waals surface area contributed by atoms with Gasteiger partial charge in [0, 0.05) is 5.41 Å². The van der Waals surface area contributed by atoms with Gasteiger partial charge in [-0.1, -0.05) is 34.6 Å². The molecule has 0 radical (unpaired) electrons. The summed E-state index contributed by atoms with van der Waals surface area (Å²) >= 11 is 0. The minimum atomic E-state index is -0.155. The van der Waals surface area contributed by atoms with Crippen molar-refractivity contribution in [1.82, 2.24) is 5.32 Å². The van der Waals surface area contributed by atoms with E-state index in [-0.39, 0.29) is 10.8 Å². The number of carbonyl (C=O) groups excluding carboxylic acids is 1. The van der Waals surface area contributed by atoms with E-state index in [1.54, 1.807) is 0 Å². The van der Waals surface area contributed by atoms with E-state index >= 15 is 0 Å². The lowest BCUT2D eigenvalue weighted by Gasteiger charge is -2.27. The van der Waals surface area contributed by atoms with Crippen molar-refractivity contribution >= 4 is 6.29 Å². The SMILES string of the molecule is CC(C)(C)CC(C)(C)C=O.CNC. The molecule has 2 heteroatoms. The predicted octanol–water partition coefficient (Wildman–Crippen LogP) is 2.48. The van der Waals surface area contributed by atoms with Crippen molar-refractivity contribution in [1.29, 1.82) is 0 Å². The molecule has 0 aromatic carbocycles. The average molecular weight is 187 g/mol. The molecule has 0 aromatic heterocycles. The Morgan fingerprint density at radius 3 is 1.46 bits per heavy atom. The third kappa shape index (κ3) is 14.5. The van der Waals surface area contributed by atoms with Crippen LogP contribution in [0.2, 0.25) is 0 Å². The van der Waals surface area contributed by atoms with E-state index in [0.29, 0.717) is 0 Å². The standard InChI is InChI=1S/C9H18O.C2H7N/c1-8(2,3)6-9(4,5)7-10;1-3-2/h7H,6H2,1-5H3;3H,1-2H3. The van der Waals surface area contributed by atoms with Crippen molar-refractivity contribution < 1.29 is 4.79 Å². The number of aldehydes is 1. The van der Waals surface area contributed by atoms with E-state index in [4.69, 9.17) is 0 Å². The molecule has 0 heterocycles. The summed E-state index contributed by atoms with van der Waals surface area (Å²) < 4.78 is 0. The molecule has 0 aromatic rings. The van der Waals surface area contributed by atoms with Crippen molar-refractivity contribution in [2.45, 2.75) is 41.0 Å². The Morgan fingerprint density at radius 2 is 1.38 bits per heavy atom. The molecular formula is C11H25NO. The van der Waals surface area contributed by atoms with Gasteiger partial charge in [0.15, 0.2) is 0 Å². The molecule has 0 rings (SSSR count). The molecule has 0 bridgehead atoms. The van der Waals surface area contributed by atoms with Crippen molar-refractivity contribution in [2.24, 2.45) is 10.8 Å². The van der Waals surface area contributed by atoms with Crippen LogP contribution in [0.15, 0.2) is 0 Å². The van der Waals surface area contributed by atoms with Gasteiger partial charge in [0.2, 0.25) is 0 Å². The molecule has 0 aliphatic carbocycles. The summed E-state index contributed by atoms with van der Waals surface area (Å²) in [6.45, 7) is 10.4. The zero-order valence-electron chi connectivity index (χ0n) is 10.2. The van der Waals surface area contributed by atoms with Gasteiger partial charge in [-0.3, -0.25) is 0 Å². The third-order valence-electron chi connectivity index (χ3n) is 1.30. The molecule has 13 heavy (non-hydrogen) atoms. The fourth-order valence-corrected chi connectivity index (χ4v) is 1.41. The van der Waals surface area contributed by atoms with Crippen LogP contribution in [-0.4, -0.2) is 20.4 Å². The van der Waals surface area contributed by atoms with Crippen molar-refractivity contribution in [3.63, 3.8) is 0 Å². The van der Waals surface area contributed by atoms with Crippen LogP contribution in [0.1, 0.15) is 41.0 Å². The summed E-state index contributed by atoms with van der Waals surface area (Å²) in [7, 11) is 3.75. The van der Waals surface area contributed by atoms with Gasteiger partial charge in [-0.15, -0.1) is 0 Å². The largest absolute Gasteiger partial charge is 0.323 e. The van der Waals surface area contributed by atoms with Gasteiger partial charge >= 0.3 is 0 Å². The van der Waals surface area contributed by atoms with Gasteiger partial charge in [0.1, 0.15) is 6.29 Å². The third-order valence-corrected chi connectivity index (χ3v) is 1.30. The number of hydrogen-bond acceptors (Lipinski definition) is 2. The van der Waals surface area contributed by atoms with E-state index < -0.39 is 0 Å². The second-order valence-electron chi connectivity index (χ2n) is 5.34. The monoisotopic (exact) mass is 187 g/mol. The van der Waals surface area contributed by atoms with E-state index in [9.17, 15) is 4.79 Å². The molecule has 0 saturated carbocycles. The first-order valence-corrected chi connectivity index (χ1v) is 4.73. The Labute approximate surface area is 83.1 Å². The lowest BCUT2D eigenvalue weighted by Crippen LogP contribution is -2.21. The van der Waals surface area contributed by atoms with E-state index in [2.05, 4.69) is 26.1 Å². The van der Waals surface area contributed by atoms with Gasteiger partial charge < -0.3 is 10.1 Å². The summed E-state index contributed by atoms with van der Waals surface area (Å²) in [5.41, 5.74) is 0.0999. The predicted molar refractivity (Wildman–Crippen MR) is 58.9 cm³/mol. The Bertz CT molecular complexity index is 134. The Hall–Kier alpha value is -0.370. The number of hydrogen-bond donors (Lipinski definition) is 1. The molecule has 0 aliphatic heterocycles. The normalized spacial score (nSPS) is 11.6. The number of carbonyl (C=O) groups is 1. The molecule has 80 valence electrons. The molecule has 0 atom stereocenters. The van der Waals surface area contributed by atoms with Crippen LogP contribution >= 0.6 is 0 Å². The van der Waals surface area contributed by atoms with E-state index in [1.807, 2.05) is 27.9 Å². The van der Waals surface area contributed by atoms with Gasteiger partial charge in [0.05, 0.1) is 0 Å². The van der Waals surface area contributed by atoms with Crippen LogP contribution in [0.3, 0.4) is 0 Å². The molecule has 0 spiro atoms. The quantitative estimate of drug-likeness (QED) is 0.673. The maximum absolute atomic E-state index is 10.5. The second kappa shape index (κ2) is 6.14. The fourth-order valence-electron chi connectivity index (χ4n) is 1.41. The first-order chi connectivity index (χ1) is 5.68. The average Bonchev–Trinajstić information content (AvgIpc) is 1.84. The molecular weight excluding hydrogens is 162 g/mol. The Balaban J connectivity index is 0. The fraction of sp³-hybridized carbons (Fsp3) is 0.909. The number of nitrogens with one attached hydrogen (secondary N) is 1. The van der Waals surface area contributed by atoms with Gasteiger partial charge in [0.25, 0.3) is 0 Å². The van der Waals surface area contributed by atoms with E-state index in [0.717, 1.165) is 12.7 Å². The van der Waals surface area contributed by atoms with Crippen molar-refractivity contribution in [3.8, 4) is 0 Å². The molecule has 1 N–H and O–H groups in total. The summed E-state index contributed by atoms with van der Waals surface area (Å²) in [5.74, 6) is 0. The Kier molecular flexibility index (Phi) is 7.14. The smallest absolute Gasteiger partial charge is 0.125 e. The van der Waals surface area contributed by atoms with Crippen LogP contribution in [0, 0.1) is 10.8 Å². The maximum Gasteiger partial charge on any atom is 0.125 e. The zero-order valence-corrected chi connectivity index (χ0v) is 10.2. The number of rotatable bonds is 2. The maximum atomic E-state index is 10.5. The van der Waals surface area contributed by atoms with Gasteiger partial charge in [-0.2, -0.15) is 0 Å². The lowest BCUT2D eigenvalue weighted by molar-refractivity contribution is -0.116. The minimum absolute atomic E-state index is 0.155. The highest BCUT2D eigenvalue weighted by Gasteiger charge is 2.24.